The summed E-state index contributed by atoms with van der Waals surface area (Å²) in [5.74, 6) is 2.45. The Balaban J connectivity index is 1.21. The Hall–Kier alpha value is -2.14. The molecule has 1 spiro atoms. The summed E-state index contributed by atoms with van der Waals surface area (Å²) in [6.07, 6.45) is 6.96. The van der Waals surface area contributed by atoms with E-state index in [9.17, 15) is 5.11 Å². The van der Waals surface area contributed by atoms with Crippen molar-refractivity contribution in [2.24, 2.45) is 5.41 Å². The number of rotatable bonds is 4. The quantitative estimate of drug-likeness (QED) is 0.715. The fourth-order valence-corrected chi connectivity index (χ4v) is 6.12. The van der Waals surface area contributed by atoms with Gasteiger partial charge in [0.25, 0.3) is 0 Å². The maximum Gasteiger partial charge on any atom is 0.175 e. The molecule has 3 fully saturated rings. The summed E-state index contributed by atoms with van der Waals surface area (Å²) >= 11 is 1.50. The molecule has 33 heavy (non-hydrogen) atoms. The normalized spacial score (nSPS) is 23.8. The highest BCUT2D eigenvalue weighted by molar-refractivity contribution is 7.99. The number of piperidine rings is 1. The number of ether oxygens (including phenoxy) is 3. The minimum atomic E-state index is -0.137. The van der Waals surface area contributed by atoms with Crippen molar-refractivity contribution in [1.29, 1.82) is 0 Å². The zero-order valence-electron chi connectivity index (χ0n) is 18.6. The van der Waals surface area contributed by atoms with Crippen molar-refractivity contribution in [3.8, 4) is 5.75 Å². The first-order valence-corrected chi connectivity index (χ1v) is 12.5. The van der Waals surface area contributed by atoms with Crippen molar-refractivity contribution in [2.45, 2.75) is 41.8 Å². The summed E-state index contributed by atoms with van der Waals surface area (Å²) in [7, 11) is 0. The van der Waals surface area contributed by atoms with Gasteiger partial charge in [-0.3, -0.25) is 0 Å². The molecule has 6 heterocycles. The molecule has 0 amide bonds. The van der Waals surface area contributed by atoms with Crippen molar-refractivity contribution in [2.75, 3.05) is 62.5 Å². The van der Waals surface area contributed by atoms with E-state index in [1.807, 2.05) is 12.3 Å². The van der Waals surface area contributed by atoms with Crippen LogP contribution in [-0.4, -0.2) is 78.8 Å². The second-order valence-corrected chi connectivity index (χ2v) is 10.3. The minimum Gasteiger partial charge on any atom is -0.486 e. The van der Waals surface area contributed by atoms with Gasteiger partial charge in [-0.1, -0.05) is 11.8 Å². The molecular formula is C23H29N5O4S. The van der Waals surface area contributed by atoms with E-state index in [1.165, 1.54) is 11.8 Å². The molecule has 6 rings (SSSR count). The van der Waals surface area contributed by atoms with E-state index in [4.69, 9.17) is 24.2 Å². The summed E-state index contributed by atoms with van der Waals surface area (Å²) in [5.41, 5.74) is 0.953. The molecule has 0 aromatic carbocycles. The average Bonchev–Trinajstić information content (AvgIpc) is 3.32. The molecule has 0 bridgehead atoms. The summed E-state index contributed by atoms with van der Waals surface area (Å²) in [4.78, 5) is 19.6. The van der Waals surface area contributed by atoms with Crippen LogP contribution < -0.4 is 14.5 Å². The van der Waals surface area contributed by atoms with Crippen molar-refractivity contribution >= 4 is 23.4 Å². The zero-order valence-corrected chi connectivity index (χ0v) is 19.4. The van der Waals surface area contributed by atoms with Gasteiger partial charge in [0.1, 0.15) is 17.3 Å². The molecule has 1 atom stereocenters. The highest BCUT2D eigenvalue weighted by atomic mass is 32.2. The van der Waals surface area contributed by atoms with E-state index in [0.29, 0.717) is 30.9 Å². The van der Waals surface area contributed by atoms with Crippen LogP contribution in [0.1, 0.15) is 25.0 Å². The number of pyridine rings is 1. The van der Waals surface area contributed by atoms with Crippen molar-refractivity contribution in [1.82, 2.24) is 15.0 Å². The van der Waals surface area contributed by atoms with Gasteiger partial charge in [-0.05, 0) is 30.7 Å². The first-order valence-electron chi connectivity index (χ1n) is 11.7. The second-order valence-electron chi connectivity index (χ2n) is 9.22. The molecule has 1 N–H and O–H groups in total. The van der Waals surface area contributed by atoms with E-state index in [1.54, 1.807) is 6.20 Å². The first-order chi connectivity index (χ1) is 16.2. The van der Waals surface area contributed by atoms with Crippen LogP contribution in [0.25, 0.3) is 0 Å². The first kappa shape index (κ1) is 21.4. The predicted octanol–water partition coefficient (Wildman–Crippen LogP) is 2.12. The lowest BCUT2D eigenvalue weighted by Gasteiger charge is -2.40. The molecule has 4 aliphatic rings. The van der Waals surface area contributed by atoms with Gasteiger partial charge >= 0.3 is 0 Å². The number of aromatic nitrogens is 3. The van der Waals surface area contributed by atoms with Gasteiger partial charge in [-0.2, -0.15) is 0 Å². The number of anilines is 2. The summed E-state index contributed by atoms with van der Waals surface area (Å²) in [5, 5.41) is 10.8. The third-order valence-electron chi connectivity index (χ3n) is 7.24. The molecule has 10 heteroatoms. The number of fused-ring (bicyclic) bond motifs is 3. The molecule has 0 saturated carbocycles. The van der Waals surface area contributed by atoms with Crippen molar-refractivity contribution in [3.63, 3.8) is 0 Å². The Bertz CT molecular complexity index is 1010. The topological polar surface area (TPSA) is 93.1 Å². The van der Waals surface area contributed by atoms with E-state index < -0.39 is 0 Å². The van der Waals surface area contributed by atoms with Crippen LogP contribution in [0, 0.1) is 5.41 Å². The van der Waals surface area contributed by atoms with Crippen LogP contribution >= 0.6 is 11.8 Å². The van der Waals surface area contributed by atoms with Crippen molar-refractivity contribution in [3.05, 3.63) is 24.2 Å². The molecule has 0 unspecified atom stereocenters. The van der Waals surface area contributed by atoms with Gasteiger partial charge in [0.15, 0.2) is 17.4 Å². The monoisotopic (exact) mass is 471 g/mol. The number of hydrogen-bond acceptors (Lipinski definition) is 10. The lowest BCUT2D eigenvalue weighted by atomic mass is 9.78. The van der Waals surface area contributed by atoms with E-state index in [2.05, 4.69) is 14.8 Å². The van der Waals surface area contributed by atoms with Crippen LogP contribution in [0.4, 0.5) is 11.6 Å². The van der Waals surface area contributed by atoms with Crippen molar-refractivity contribution < 1.29 is 19.3 Å². The van der Waals surface area contributed by atoms with Gasteiger partial charge in [-0.25, -0.2) is 15.0 Å². The Morgan fingerprint density at radius 1 is 1.06 bits per heavy atom. The summed E-state index contributed by atoms with van der Waals surface area (Å²) < 4.78 is 17.3. The Morgan fingerprint density at radius 3 is 2.79 bits per heavy atom. The van der Waals surface area contributed by atoms with Crippen LogP contribution in [0.5, 0.6) is 5.75 Å². The zero-order chi connectivity index (χ0) is 22.3. The SMILES string of the molecule is OCc1nc(Sc2ccnc3c2OC[C@H]2COCCN32)cnc1N1CCC2(CCOC2)CC1. The van der Waals surface area contributed by atoms with Gasteiger partial charge in [0, 0.05) is 32.4 Å². The van der Waals surface area contributed by atoms with Gasteiger partial charge in [-0.15, -0.1) is 0 Å². The third-order valence-corrected chi connectivity index (χ3v) is 8.19. The maximum absolute atomic E-state index is 10.1. The molecule has 4 aliphatic heterocycles. The maximum atomic E-state index is 10.1. The van der Waals surface area contributed by atoms with Crippen LogP contribution in [0.2, 0.25) is 0 Å². The molecule has 9 nitrogen and oxygen atoms in total. The fourth-order valence-electron chi connectivity index (χ4n) is 5.26. The average molecular weight is 472 g/mol. The number of morpholine rings is 1. The summed E-state index contributed by atoms with van der Waals surface area (Å²) in [6, 6.07) is 2.16. The Kier molecular flexibility index (Phi) is 5.77. The van der Waals surface area contributed by atoms with Crippen LogP contribution in [0.3, 0.4) is 0 Å². The predicted molar refractivity (Wildman–Crippen MR) is 123 cm³/mol. The summed E-state index contributed by atoms with van der Waals surface area (Å²) in [6.45, 7) is 6.22. The highest BCUT2D eigenvalue weighted by Crippen LogP contribution is 2.43. The number of nitrogens with zero attached hydrogens (tertiary/aromatic N) is 5. The van der Waals surface area contributed by atoms with Gasteiger partial charge in [0.2, 0.25) is 0 Å². The largest absolute Gasteiger partial charge is 0.486 e. The Labute approximate surface area is 197 Å². The van der Waals surface area contributed by atoms with E-state index in [-0.39, 0.29) is 12.6 Å². The van der Waals surface area contributed by atoms with E-state index >= 15 is 0 Å². The Morgan fingerprint density at radius 2 is 1.97 bits per heavy atom. The molecule has 2 aromatic heterocycles. The van der Waals surface area contributed by atoms with E-state index in [0.717, 1.165) is 79.4 Å². The molecule has 3 saturated heterocycles. The molecule has 0 aliphatic carbocycles. The minimum absolute atomic E-state index is 0.137. The lowest BCUT2D eigenvalue weighted by molar-refractivity contribution is 0.0689. The van der Waals surface area contributed by atoms with Crippen LogP contribution in [0.15, 0.2) is 28.4 Å². The lowest BCUT2D eigenvalue weighted by Crippen LogP contribution is -2.51. The molecule has 176 valence electrons. The number of hydrogen-bond donors (Lipinski definition) is 1. The second kappa shape index (κ2) is 8.90. The van der Waals surface area contributed by atoms with Crippen LogP contribution in [-0.2, 0) is 16.1 Å². The smallest absolute Gasteiger partial charge is 0.175 e. The third kappa shape index (κ3) is 4.03. The highest BCUT2D eigenvalue weighted by Gasteiger charge is 2.39. The molecule has 2 aromatic rings. The van der Waals surface area contributed by atoms with Gasteiger partial charge < -0.3 is 29.1 Å². The fraction of sp³-hybridized carbons (Fsp3) is 0.609. The standard InChI is InChI=1S/C23H29N5O4S/c29-12-17-21(27-6-2-23(3-7-27)4-9-31-15-23)25-11-19(26-17)33-18-1-5-24-22-20(18)32-14-16-13-30-10-8-28(16)22/h1,5,11,16,29H,2-4,6-10,12-15H2/t16-/m1/s1. The number of aliphatic hydroxyl groups excluding tert-OH is 1. The van der Waals surface area contributed by atoms with Gasteiger partial charge in [0.05, 0.1) is 43.6 Å². The molecule has 0 radical (unpaired) electrons. The molecular weight excluding hydrogens is 442 g/mol. The number of aliphatic hydroxyl groups is 1.